The summed E-state index contributed by atoms with van der Waals surface area (Å²) in [5, 5.41) is 0. The van der Waals surface area contributed by atoms with Gasteiger partial charge in [0, 0.05) is 11.8 Å². The molecule has 0 heterocycles. The van der Waals surface area contributed by atoms with Gasteiger partial charge >= 0.3 is 0 Å². The third kappa shape index (κ3) is 1.17. The number of carbonyl (C=O) groups excluding carboxylic acids is 2. The Bertz CT molecular complexity index is 243. The first-order valence-corrected chi connectivity index (χ1v) is 3.90. The second-order valence-corrected chi connectivity index (χ2v) is 4.07. The molecular formula is C8H14N2O2. The summed E-state index contributed by atoms with van der Waals surface area (Å²) in [5.74, 6) is -0.430. The van der Waals surface area contributed by atoms with Crippen LogP contribution in [0.4, 0.5) is 0 Å². The minimum atomic E-state index is -1.35. The Morgan fingerprint density at radius 3 is 2.17 bits per heavy atom. The van der Waals surface area contributed by atoms with Crippen LogP contribution >= 0.6 is 0 Å². The van der Waals surface area contributed by atoms with E-state index in [-0.39, 0.29) is 24.4 Å². The van der Waals surface area contributed by atoms with Gasteiger partial charge < -0.3 is 11.5 Å². The van der Waals surface area contributed by atoms with Gasteiger partial charge in [0.2, 0.25) is 0 Å². The second-order valence-electron chi connectivity index (χ2n) is 4.07. The summed E-state index contributed by atoms with van der Waals surface area (Å²) in [6, 6.07) is 0. The monoisotopic (exact) mass is 170 g/mol. The molecule has 0 amide bonds. The van der Waals surface area contributed by atoms with E-state index >= 15 is 0 Å². The fraction of sp³-hybridized carbons (Fsp3) is 0.750. The van der Waals surface area contributed by atoms with Gasteiger partial charge in [-0.1, -0.05) is 13.8 Å². The predicted octanol–water partition coefficient (Wildman–Crippen LogP) is -0.442. The number of rotatable bonds is 0. The molecule has 0 aromatic heterocycles. The van der Waals surface area contributed by atoms with Crippen molar-refractivity contribution in [2.75, 3.05) is 0 Å². The molecule has 0 radical (unpaired) electrons. The maximum Gasteiger partial charge on any atom is 0.174 e. The molecule has 0 aliphatic heterocycles. The SMILES string of the molecule is CC1(C)CC(=O)CC(=O)C1(N)N. The van der Waals surface area contributed by atoms with Crippen LogP contribution in [0.1, 0.15) is 26.7 Å². The van der Waals surface area contributed by atoms with Crippen molar-refractivity contribution in [1.82, 2.24) is 0 Å². The molecule has 0 atom stereocenters. The molecule has 12 heavy (non-hydrogen) atoms. The number of carbonyl (C=O) groups is 2. The van der Waals surface area contributed by atoms with E-state index in [9.17, 15) is 9.59 Å². The molecule has 1 rings (SSSR count). The van der Waals surface area contributed by atoms with Crippen LogP contribution < -0.4 is 11.5 Å². The third-order valence-electron chi connectivity index (χ3n) is 2.58. The molecule has 4 heteroatoms. The summed E-state index contributed by atoms with van der Waals surface area (Å²) >= 11 is 0. The van der Waals surface area contributed by atoms with Gasteiger partial charge in [0.1, 0.15) is 11.4 Å². The van der Waals surface area contributed by atoms with Crippen LogP contribution in [-0.2, 0) is 9.59 Å². The smallest absolute Gasteiger partial charge is 0.174 e. The van der Waals surface area contributed by atoms with Crippen molar-refractivity contribution in [3.63, 3.8) is 0 Å². The van der Waals surface area contributed by atoms with Crippen molar-refractivity contribution in [2.45, 2.75) is 32.4 Å². The molecule has 4 N–H and O–H groups in total. The first kappa shape index (κ1) is 9.35. The van der Waals surface area contributed by atoms with E-state index < -0.39 is 11.1 Å². The van der Waals surface area contributed by atoms with Gasteiger partial charge in [0.15, 0.2) is 5.78 Å². The zero-order chi connectivity index (χ0) is 9.57. The Balaban J connectivity index is 3.02. The summed E-state index contributed by atoms with van der Waals surface area (Å²) in [6.07, 6.45) is 0.169. The highest BCUT2D eigenvalue weighted by Gasteiger charge is 2.49. The fourth-order valence-electron chi connectivity index (χ4n) is 1.40. The molecule has 0 aromatic rings. The van der Waals surface area contributed by atoms with Crippen LogP contribution in [0, 0.1) is 5.41 Å². The lowest BCUT2D eigenvalue weighted by molar-refractivity contribution is -0.140. The topological polar surface area (TPSA) is 86.2 Å². The maximum absolute atomic E-state index is 11.3. The van der Waals surface area contributed by atoms with Crippen molar-refractivity contribution >= 4 is 11.6 Å². The van der Waals surface area contributed by atoms with Crippen LogP contribution in [-0.4, -0.2) is 17.2 Å². The zero-order valence-electron chi connectivity index (χ0n) is 7.39. The second kappa shape index (κ2) is 2.37. The van der Waals surface area contributed by atoms with Gasteiger partial charge in [-0.2, -0.15) is 0 Å². The van der Waals surface area contributed by atoms with Crippen LogP contribution in [0.15, 0.2) is 0 Å². The Labute approximate surface area is 71.3 Å². The normalized spacial score (nSPS) is 27.3. The molecule has 1 aliphatic rings. The van der Waals surface area contributed by atoms with Crippen molar-refractivity contribution in [1.29, 1.82) is 0 Å². The Morgan fingerprint density at radius 2 is 1.75 bits per heavy atom. The van der Waals surface area contributed by atoms with Crippen molar-refractivity contribution < 1.29 is 9.59 Å². The maximum atomic E-state index is 11.3. The fourth-order valence-corrected chi connectivity index (χ4v) is 1.40. The summed E-state index contributed by atoms with van der Waals surface area (Å²) in [5.41, 5.74) is 9.30. The Kier molecular flexibility index (Phi) is 1.85. The lowest BCUT2D eigenvalue weighted by atomic mass is 9.68. The molecule has 0 aromatic carbocycles. The van der Waals surface area contributed by atoms with Gasteiger partial charge in [-0.25, -0.2) is 0 Å². The molecule has 4 nitrogen and oxygen atoms in total. The van der Waals surface area contributed by atoms with Crippen LogP contribution in [0.25, 0.3) is 0 Å². The molecule has 1 fully saturated rings. The molecule has 1 aliphatic carbocycles. The molecule has 0 bridgehead atoms. The number of hydrogen-bond acceptors (Lipinski definition) is 4. The average molecular weight is 170 g/mol. The van der Waals surface area contributed by atoms with Gasteiger partial charge in [-0.05, 0) is 0 Å². The van der Waals surface area contributed by atoms with E-state index in [0.29, 0.717) is 0 Å². The first-order valence-electron chi connectivity index (χ1n) is 3.90. The third-order valence-corrected chi connectivity index (χ3v) is 2.58. The lowest BCUT2D eigenvalue weighted by Gasteiger charge is -2.42. The zero-order valence-corrected chi connectivity index (χ0v) is 7.39. The number of hydrogen-bond donors (Lipinski definition) is 2. The summed E-state index contributed by atoms with van der Waals surface area (Å²) in [7, 11) is 0. The highest BCUT2D eigenvalue weighted by molar-refractivity contribution is 6.06. The minimum absolute atomic E-state index is 0.0727. The lowest BCUT2D eigenvalue weighted by Crippen LogP contribution is -2.68. The summed E-state index contributed by atoms with van der Waals surface area (Å²) < 4.78 is 0. The van der Waals surface area contributed by atoms with Gasteiger partial charge in [0.05, 0.1) is 6.42 Å². The summed E-state index contributed by atoms with van der Waals surface area (Å²) in [4.78, 5) is 22.3. The van der Waals surface area contributed by atoms with Crippen molar-refractivity contribution in [2.24, 2.45) is 16.9 Å². The minimum Gasteiger partial charge on any atom is -0.307 e. The van der Waals surface area contributed by atoms with Gasteiger partial charge in [0.25, 0.3) is 0 Å². The van der Waals surface area contributed by atoms with Crippen LogP contribution in [0.2, 0.25) is 0 Å². The van der Waals surface area contributed by atoms with Crippen molar-refractivity contribution in [3.05, 3.63) is 0 Å². The largest absolute Gasteiger partial charge is 0.307 e. The van der Waals surface area contributed by atoms with E-state index in [4.69, 9.17) is 11.5 Å². The number of nitrogens with two attached hydrogens (primary N) is 2. The van der Waals surface area contributed by atoms with E-state index in [2.05, 4.69) is 0 Å². The predicted molar refractivity (Wildman–Crippen MR) is 44.1 cm³/mol. The molecular weight excluding hydrogens is 156 g/mol. The van der Waals surface area contributed by atoms with E-state index in [1.165, 1.54) is 0 Å². The number of Topliss-reactive ketones (excluding diaryl/α,β-unsaturated/α-hetero) is 2. The standard InChI is InChI=1S/C8H14N2O2/c1-7(2)4-5(11)3-6(12)8(7,9)10/h3-4,9-10H2,1-2H3. The molecule has 68 valence electrons. The Morgan fingerprint density at radius 1 is 1.25 bits per heavy atom. The highest BCUT2D eigenvalue weighted by atomic mass is 16.2. The number of ketones is 2. The molecule has 0 saturated heterocycles. The highest BCUT2D eigenvalue weighted by Crippen LogP contribution is 2.35. The molecule has 0 spiro atoms. The van der Waals surface area contributed by atoms with Crippen LogP contribution in [0.5, 0.6) is 0 Å². The Hall–Kier alpha value is -0.740. The molecule has 0 unspecified atom stereocenters. The van der Waals surface area contributed by atoms with Gasteiger partial charge in [-0.15, -0.1) is 0 Å². The molecule has 1 saturated carbocycles. The van der Waals surface area contributed by atoms with Gasteiger partial charge in [-0.3, -0.25) is 9.59 Å². The van der Waals surface area contributed by atoms with Crippen LogP contribution in [0.3, 0.4) is 0 Å². The first-order chi connectivity index (χ1) is 5.27. The van der Waals surface area contributed by atoms with E-state index in [1.807, 2.05) is 0 Å². The van der Waals surface area contributed by atoms with E-state index in [0.717, 1.165) is 0 Å². The quantitative estimate of drug-likeness (QED) is 0.381. The summed E-state index contributed by atoms with van der Waals surface area (Å²) in [6.45, 7) is 3.48. The van der Waals surface area contributed by atoms with E-state index in [1.54, 1.807) is 13.8 Å². The van der Waals surface area contributed by atoms with Crippen molar-refractivity contribution in [3.8, 4) is 0 Å². The average Bonchev–Trinajstić information content (AvgIpc) is 1.82.